The lowest BCUT2D eigenvalue weighted by Crippen LogP contribution is -2.07. The van der Waals surface area contributed by atoms with Crippen molar-refractivity contribution in [3.8, 4) is 17.2 Å². The first kappa shape index (κ1) is 25.8. The van der Waals surface area contributed by atoms with Crippen molar-refractivity contribution in [2.45, 2.75) is 23.5 Å². The molecule has 0 amide bonds. The third kappa shape index (κ3) is 5.76. The molecular formula is C25H20ClF4N3O2S. The van der Waals surface area contributed by atoms with Gasteiger partial charge in [-0.25, -0.2) is 4.39 Å². The average Bonchev–Trinajstić information content (AvgIpc) is 3.25. The zero-order valence-electron chi connectivity index (χ0n) is 19.1. The second kappa shape index (κ2) is 10.8. The summed E-state index contributed by atoms with van der Waals surface area (Å²) in [5, 5.41) is 9.31. The number of nitrogens with zero attached hydrogens (tertiary/aromatic N) is 3. The number of thioether (sulfide) groups is 1. The molecule has 1 heterocycles. The van der Waals surface area contributed by atoms with E-state index in [1.54, 1.807) is 22.8 Å². The molecule has 0 bridgehead atoms. The number of methoxy groups -OCH3 is 2. The highest BCUT2D eigenvalue weighted by Gasteiger charge is 2.30. The minimum Gasteiger partial charge on any atom is -0.493 e. The molecule has 0 saturated heterocycles. The van der Waals surface area contributed by atoms with Crippen LogP contribution in [0.3, 0.4) is 0 Å². The highest BCUT2D eigenvalue weighted by molar-refractivity contribution is 7.98. The van der Waals surface area contributed by atoms with Gasteiger partial charge in [-0.15, -0.1) is 10.2 Å². The Morgan fingerprint density at radius 1 is 0.917 bits per heavy atom. The van der Waals surface area contributed by atoms with Gasteiger partial charge < -0.3 is 9.47 Å². The molecule has 0 atom stereocenters. The van der Waals surface area contributed by atoms with E-state index in [1.807, 2.05) is 6.07 Å². The topological polar surface area (TPSA) is 49.2 Å². The summed E-state index contributed by atoms with van der Waals surface area (Å²) in [5.41, 5.74) is 1.24. The van der Waals surface area contributed by atoms with E-state index in [1.165, 1.54) is 50.2 Å². The van der Waals surface area contributed by atoms with Crippen molar-refractivity contribution in [1.29, 1.82) is 0 Å². The summed E-state index contributed by atoms with van der Waals surface area (Å²) < 4.78 is 65.1. The second-order valence-electron chi connectivity index (χ2n) is 7.67. The number of aromatic nitrogens is 3. The molecule has 11 heteroatoms. The monoisotopic (exact) mass is 537 g/mol. The summed E-state index contributed by atoms with van der Waals surface area (Å²) in [4.78, 5) is 0. The predicted octanol–water partition coefficient (Wildman–Crippen LogP) is 6.98. The molecule has 0 aliphatic heterocycles. The minimum atomic E-state index is -4.45. The van der Waals surface area contributed by atoms with Crippen LogP contribution in [0.1, 0.15) is 22.5 Å². The van der Waals surface area contributed by atoms with Crippen LogP contribution >= 0.6 is 23.4 Å². The predicted molar refractivity (Wildman–Crippen MR) is 130 cm³/mol. The smallest absolute Gasteiger partial charge is 0.416 e. The van der Waals surface area contributed by atoms with Crippen LogP contribution in [0, 0.1) is 5.82 Å². The standard InChI is InChI=1S/C25H20ClF4N3O2S/c1-34-21-10-3-15(11-22(21)35-2)12-23-31-32-24(36-14-16-4-7-18(27)13-20(16)26)33(23)19-8-5-17(6-9-19)25(28,29)30/h3-11,13H,12,14H2,1-2H3. The molecule has 0 aliphatic carbocycles. The van der Waals surface area contributed by atoms with E-state index < -0.39 is 17.6 Å². The Hall–Kier alpha value is -3.24. The Bertz CT molecular complexity index is 1360. The lowest BCUT2D eigenvalue weighted by atomic mass is 10.1. The molecule has 36 heavy (non-hydrogen) atoms. The Morgan fingerprint density at radius 3 is 2.28 bits per heavy atom. The fraction of sp³-hybridized carbons (Fsp3) is 0.200. The molecule has 0 unspecified atom stereocenters. The molecule has 1 aromatic heterocycles. The maximum absolute atomic E-state index is 13.4. The van der Waals surface area contributed by atoms with Crippen molar-refractivity contribution in [2.75, 3.05) is 14.2 Å². The van der Waals surface area contributed by atoms with Crippen LogP contribution < -0.4 is 9.47 Å². The van der Waals surface area contributed by atoms with Crippen molar-refractivity contribution in [3.63, 3.8) is 0 Å². The highest BCUT2D eigenvalue weighted by Crippen LogP contribution is 2.33. The SMILES string of the molecule is COc1ccc(Cc2nnc(SCc3ccc(F)cc3Cl)n2-c2ccc(C(F)(F)F)cc2)cc1OC. The minimum absolute atomic E-state index is 0.272. The average molecular weight is 538 g/mol. The molecule has 188 valence electrons. The first-order valence-corrected chi connectivity index (χ1v) is 12.0. The van der Waals surface area contributed by atoms with E-state index in [-0.39, 0.29) is 5.02 Å². The molecule has 4 rings (SSSR count). The van der Waals surface area contributed by atoms with E-state index in [9.17, 15) is 17.6 Å². The molecular weight excluding hydrogens is 518 g/mol. The number of rotatable bonds is 8. The van der Waals surface area contributed by atoms with Gasteiger partial charge in [-0.05, 0) is 59.7 Å². The van der Waals surface area contributed by atoms with Gasteiger partial charge in [-0.1, -0.05) is 35.5 Å². The normalized spacial score (nSPS) is 11.5. The molecule has 0 spiro atoms. The second-order valence-corrected chi connectivity index (χ2v) is 9.02. The quantitative estimate of drug-likeness (QED) is 0.179. The van der Waals surface area contributed by atoms with Gasteiger partial charge in [0, 0.05) is 22.9 Å². The van der Waals surface area contributed by atoms with E-state index in [0.29, 0.717) is 45.9 Å². The molecule has 0 radical (unpaired) electrons. The summed E-state index contributed by atoms with van der Waals surface area (Å²) in [6.07, 6.45) is -4.13. The largest absolute Gasteiger partial charge is 0.493 e. The Kier molecular flexibility index (Phi) is 7.75. The Balaban J connectivity index is 1.70. The number of alkyl halides is 3. The molecule has 4 aromatic rings. The molecule has 0 saturated carbocycles. The van der Waals surface area contributed by atoms with E-state index >= 15 is 0 Å². The van der Waals surface area contributed by atoms with E-state index in [2.05, 4.69) is 10.2 Å². The van der Waals surface area contributed by atoms with E-state index in [0.717, 1.165) is 17.7 Å². The van der Waals surface area contributed by atoms with Crippen molar-refractivity contribution in [3.05, 3.63) is 94.0 Å². The maximum Gasteiger partial charge on any atom is 0.416 e. The zero-order valence-corrected chi connectivity index (χ0v) is 20.7. The van der Waals surface area contributed by atoms with Gasteiger partial charge in [0.2, 0.25) is 0 Å². The lowest BCUT2D eigenvalue weighted by Gasteiger charge is -2.13. The third-order valence-corrected chi connectivity index (χ3v) is 6.66. The molecule has 0 fully saturated rings. The molecule has 0 aliphatic rings. The summed E-state index contributed by atoms with van der Waals surface area (Å²) in [7, 11) is 3.07. The zero-order chi connectivity index (χ0) is 25.9. The first-order valence-electron chi connectivity index (χ1n) is 10.6. The van der Waals surface area contributed by atoms with Crippen LogP contribution in [0.2, 0.25) is 5.02 Å². The van der Waals surface area contributed by atoms with Gasteiger partial charge in [0.25, 0.3) is 0 Å². The number of hydrogen-bond acceptors (Lipinski definition) is 5. The molecule has 5 nitrogen and oxygen atoms in total. The fourth-order valence-electron chi connectivity index (χ4n) is 3.52. The van der Waals surface area contributed by atoms with Crippen LogP contribution in [-0.2, 0) is 18.3 Å². The third-order valence-electron chi connectivity index (χ3n) is 5.34. The Morgan fingerprint density at radius 2 is 1.64 bits per heavy atom. The molecule has 3 aromatic carbocycles. The van der Waals surface area contributed by atoms with Crippen molar-refractivity contribution < 1.29 is 27.0 Å². The lowest BCUT2D eigenvalue weighted by molar-refractivity contribution is -0.137. The highest BCUT2D eigenvalue weighted by atomic mass is 35.5. The van der Waals surface area contributed by atoms with Crippen LogP contribution in [-0.4, -0.2) is 29.0 Å². The van der Waals surface area contributed by atoms with Crippen LogP contribution in [0.5, 0.6) is 11.5 Å². The number of ether oxygens (including phenoxy) is 2. The van der Waals surface area contributed by atoms with Crippen molar-refractivity contribution in [1.82, 2.24) is 14.8 Å². The van der Waals surface area contributed by atoms with Gasteiger partial charge >= 0.3 is 6.18 Å². The van der Waals surface area contributed by atoms with Crippen LogP contribution in [0.4, 0.5) is 17.6 Å². The van der Waals surface area contributed by atoms with Gasteiger partial charge in [0.15, 0.2) is 16.7 Å². The summed E-state index contributed by atoms with van der Waals surface area (Å²) >= 11 is 7.44. The van der Waals surface area contributed by atoms with Gasteiger partial charge in [-0.3, -0.25) is 4.57 Å². The maximum atomic E-state index is 13.4. The summed E-state index contributed by atoms with van der Waals surface area (Å²) in [5.74, 6) is 1.52. The summed E-state index contributed by atoms with van der Waals surface area (Å²) in [6.45, 7) is 0. The van der Waals surface area contributed by atoms with E-state index in [4.69, 9.17) is 21.1 Å². The number of benzene rings is 3. The first-order chi connectivity index (χ1) is 17.2. The summed E-state index contributed by atoms with van der Waals surface area (Å²) in [6, 6.07) is 14.3. The Labute approximate surface area is 214 Å². The van der Waals surface area contributed by atoms with Gasteiger partial charge in [-0.2, -0.15) is 13.2 Å². The number of hydrogen-bond donors (Lipinski definition) is 0. The fourth-order valence-corrected chi connectivity index (χ4v) is 4.81. The molecule has 0 N–H and O–H groups in total. The van der Waals surface area contributed by atoms with Crippen LogP contribution in [0.25, 0.3) is 5.69 Å². The number of halogens is 5. The van der Waals surface area contributed by atoms with Crippen LogP contribution in [0.15, 0.2) is 65.8 Å². The van der Waals surface area contributed by atoms with Crippen molar-refractivity contribution >= 4 is 23.4 Å². The van der Waals surface area contributed by atoms with Crippen molar-refractivity contribution in [2.24, 2.45) is 0 Å². The van der Waals surface area contributed by atoms with Gasteiger partial charge in [0.05, 0.1) is 19.8 Å². The van der Waals surface area contributed by atoms with Gasteiger partial charge in [0.1, 0.15) is 11.6 Å².